The van der Waals surface area contributed by atoms with Crippen molar-refractivity contribution in [2.75, 3.05) is 13.2 Å². The fraction of sp³-hybridized carbons (Fsp3) is 1.00. The van der Waals surface area contributed by atoms with Crippen LogP contribution in [0.2, 0.25) is 0 Å². The monoisotopic (exact) mass is 169 g/mol. The lowest BCUT2D eigenvalue weighted by molar-refractivity contribution is -0.161. The van der Waals surface area contributed by atoms with E-state index in [1.165, 1.54) is 19.3 Å². The standard InChI is InChI=1S/C10H19NO/c1-3-9(6-12-7-9)10(4-5-10)8(2)11/h8H,3-7,11H2,1-2H3. The van der Waals surface area contributed by atoms with E-state index < -0.39 is 0 Å². The number of rotatable bonds is 3. The predicted molar refractivity (Wildman–Crippen MR) is 48.9 cm³/mol. The van der Waals surface area contributed by atoms with E-state index in [0.29, 0.717) is 16.9 Å². The molecule has 70 valence electrons. The van der Waals surface area contributed by atoms with Gasteiger partial charge in [0.25, 0.3) is 0 Å². The average Bonchev–Trinajstić information content (AvgIpc) is 2.67. The van der Waals surface area contributed by atoms with E-state index in [2.05, 4.69) is 13.8 Å². The Kier molecular flexibility index (Phi) is 1.74. The van der Waals surface area contributed by atoms with Crippen molar-refractivity contribution in [3.05, 3.63) is 0 Å². The van der Waals surface area contributed by atoms with Gasteiger partial charge >= 0.3 is 0 Å². The molecule has 2 aliphatic rings. The molecule has 0 aromatic heterocycles. The minimum absolute atomic E-state index is 0.348. The molecule has 2 nitrogen and oxygen atoms in total. The van der Waals surface area contributed by atoms with Crippen molar-refractivity contribution in [1.82, 2.24) is 0 Å². The molecule has 0 spiro atoms. The second-order valence-electron chi connectivity index (χ2n) is 4.57. The smallest absolute Gasteiger partial charge is 0.0550 e. The van der Waals surface area contributed by atoms with Gasteiger partial charge in [-0.3, -0.25) is 0 Å². The van der Waals surface area contributed by atoms with Gasteiger partial charge in [0.05, 0.1) is 13.2 Å². The lowest BCUT2D eigenvalue weighted by atomic mass is 9.66. The highest BCUT2D eigenvalue weighted by Gasteiger charge is 2.63. The summed E-state index contributed by atoms with van der Waals surface area (Å²) in [5.74, 6) is 0. The van der Waals surface area contributed by atoms with Crippen molar-refractivity contribution in [2.24, 2.45) is 16.6 Å². The second-order valence-corrected chi connectivity index (χ2v) is 4.57. The summed E-state index contributed by atoms with van der Waals surface area (Å²) in [4.78, 5) is 0. The average molecular weight is 169 g/mol. The molecule has 1 atom stereocenters. The minimum Gasteiger partial charge on any atom is -0.380 e. The summed E-state index contributed by atoms with van der Waals surface area (Å²) in [5.41, 5.74) is 6.94. The molecule has 0 bridgehead atoms. The Balaban J connectivity index is 2.15. The molecule has 1 unspecified atom stereocenters. The zero-order valence-electron chi connectivity index (χ0n) is 8.10. The van der Waals surface area contributed by atoms with Crippen LogP contribution in [0.4, 0.5) is 0 Å². The van der Waals surface area contributed by atoms with Gasteiger partial charge in [0.2, 0.25) is 0 Å². The van der Waals surface area contributed by atoms with Crippen molar-refractivity contribution in [3.63, 3.8) is 0 Å². The minimum atomic E-state index is 0.348. The highest BCUT2D eigenvalue weighted by molar-refractivity contribution is 5.13. The van der Waals surface area contributed by atoms with Gasteiger partial charge in [0.15, 0.2) is 0 Å². The third kappa shape index (κ3) is 0.826. The Morgan fingerprint density at radius 1 is 1.42 bits per heavy atom. The molecule has 0 amide bonds. The Morgan fingerprint density at radius 2 is 2.00 bits per heavy atom. The van der Waals surface area contributed by atoms with E-state index in [9.17, 15) is 0 Å². The highest BCUT2D eigenvalue weighted by Crippen LogP contribution is 2.64. The zero-order chi connectivity index (χ0) is 8.82. The first-order chi connectivity index (χ1) is 5.67. The predicted octanol–water partition coefficient (Wildman–Crippen LogP) is 1.54. The molecule has 12 heavy (non-hydrogen) atoms. The maximum atomic E-state index is 6.05. The van der Waals surface area contributed by atoms with Gasteiger partial charge in [-0.25, -0.2) is 0 Å². The van der Waals surface area contributed by atoms with Crippen molar-refractivity contribution in [1.29, 1.82) is 0 Å². The van der Waals surface area contributed by atoms with Gasteiger partial charge in [0, 0.05) is 11.5 Å². The molecule has 2 heteroatoms. The third-order valence-electron chi connectivity index (χ3n) is 4.15. The van der Waals surface area contributed by atoms with Crippen LogP contribution in [0.3, 0.4) is 0 Å². The molecule has 1 aliphatic carbocycles. The number of hydrogen-bond acceptors (Lipinski definition) is 2. The first kappa shape index (κ1) is 8.52. The van der Waals surface area contributed by atoms with E-state index in [4.69, 9.17) is 10.5 Å². The normalized spacial score (nSPS) is 32.2. The van der Waals surface area contributed by atoms with Crippen LogP contribution in [0.15, 0.2) is 0 Å². The van der Waals surface area contributed by atoms with Gasteiger partial charge < -0.3 is 10.5 Å². The lowest BCUT2D eigenvalue weighted by Crippen LogP contribution is -2.54. The SMILES string of the molecule is CCC1(C2(C(C)N)CC2)COC1. The Hall–Kier alpha value is -0.0800. The van der Waals surface area contributed by atoms with Gasteiger partial charge in [-0.15, -0.1) is 0 Å². The van der Waals surface area contributed by atoms with E-state index in [-0.39, 0.29) is 0 Å². The van der Waals surface area contributed by atoms with E-state index in [1.807, 2.05) is 0 Å². The fourth-order valence-electron chi connectivity index (χ4n) is 2.80. The van der Waals surface area contributed by atoms with Gasteiger partial charge in [0.1, 0.15) is 0 Å². The van der Waals surface area contributed by atoms with Crippen molar-refractivity contribution >= 4 is 0 Å². The van der Waals surface area contributed by atoms with Crippen molar-refractivity contribution in [2.45, 2.75) is 39.2 Å². The Labute approximate surface area is 74.5 Å². The number of nitrogens with two attached hydrogens (primary N) is 1. The summed E-state index contributed by atoms with van der Waals surface area (Å²) < 4.78 is 5.35. The largest absolute Gasteiger partial charge is 0.380 e. The summed E-state index contributed by atoms with van der Waals surface area (Å²) in [6.07, 6.45) is 3.87. The second kappa shape index (κ2) is 2.46. The van der Waals surface area contributed by atoms with Gasteiger partial charge in [-0.05, 0) is 31.6 Å². The molecule has 2 rings (SSSR count). The van der Waals surface area contributed by atoms with E-state index in [0.717, 1.165) is 13.2 Å². The Bertz CT molecular complexity index is 175. The molecule has 0 radical (unpaired) electrons. The van der Waals surface area contributed by atoms with Crippen LogP contribution in [-0.2, 0) is 4.74 Å². The first-order valence-corrected chi connectivity index (χ1v) is 5.00. The van der Waals surface area contributed by atoms with Crippen LogP contribution >= 0.6 is 0 Å². The van der Waals surface area contributed by atoms with Crippen LogP contribution < -0.4 is 5.73 Å². The molecule has 2 fully saturated rings. The summed E-state index contributed by atoms with van der Waals surface area (Å²) in [5, 5.41) is 0. The summed E-state index contributed by atoms with van der Waals surface area (Å²) >= 11 is 0. The van der Waals surface area contributed by atoms with Crippen molar-refractivity contribution < 1.29 is 4.74 Å². The van der Waals surface area contributed by atoms with E-state index in [1.54, 1.807) is 0 Å². The van der Waals surface area contributed by atoms with E-state index >= 15 is 0 Å². The molecule has 1 aliphatic heterocycles. The maximum absolute atomic E-state index is 6.05. The third-order valence-corrected chi connectivity index (χ3v) is 4.15. The molecule has 1 saturated carbocycles. The molecular formula is C10H19NO. The van der Waals surface area contributed by atoms with Crippen LogP contribution in [0.5, 0.6) is 0 Å². The maximum Gasteiger partial charge on any atom is 0.0550 e. The quantitative estimate of drug-likeness (QED) is 0.695. The summed E-state index contributed by atoms with van der Waals surface area (Å²) in [6, 6.07) is 0.348. The van der Waals surface area contributed by atoms with Crippen LogP contribution in [0.25, 0.3) is 0 Å². The number of ether oxygens (including phenoxy) is 1. The lowest BCUT2D eigenvalue weighted by Gasteiger charge is -2.49. The first-order valence-electron chi connectivity index (χ1n) is 5.00. The molecule has 0 aromatic rings. The summed E-state index contributed by atoms with van der Waals surface area (Å²) in [6.45, 7) is 6.32. The van der Waals surface area contributed by atoms with Crippen LogP contribution in [0.1, 0.15) is 33.1 Å². The van der Waals surface area contributed by atoms with Gasteiger partial charge in [-0.2, -0.15) is 0 Å². The molecule has 0 aromatic carbocycles. The van der Waals surface area contributed by atoms with Crippen molar-refractivity contribution in [3.8, 4) is 0 Å². The fourth-order valence-corrected chi connectivity index (χ4v) is 2.80. The molecular weight excluding hydrogens is 150 g/mol. The summed E-state index contributed by atoms with van der Waals surface area (Å²) in [7, 11) is 0. The van der Waals surface area contributed by atoms with Crippen LogP contribution in [0, 0.1) is 10.8 Å². The molecule has 2 N–H and O–H groups in total. The number of hydrogen-bond donors (Lipinski definition) is 1. The molecule has 1 saturated heterocycles. The zero-order valence-corrected chi connectivity index (χ0v) is 8.10. The topological polar surface area (TPSA) is 35.2 Å². The molecule has 1 heterocycles. The Morgan fingerprint density at radius 3 is 2.08 bits per heavy atom. The highest BCUT2D eigenvalue weighted by atomic mass is 16.5. The van der Waals surface area contributed by atoms with Gasteiger partial charge in [-0.1, -0.05) is 6.92 Å². The van der Waals surface area contributed by atoms with Crippen LogP contribution in [-0.4, -0.2) is 19.3 Å².